The number of carboxylic acids is 1. The largest absolute Gasteiger partial charge is 0.481 e. The maximum absolute atomic E-state index is 11.3. The van der Waals surface area contributed by atoms with Crippen LogP contribution in [0.15, 0.2) is 0 Å². The summed E-state index contributed by atoms with van der Waals surface area (Å²) in [5.74, 6) is -1.24. The van der Waals surface area contributed by atoms with Gasteiger partial charge in [-0.25, -0.2) is 0 Å². The smallest absolute Gasteiger partial charge is 0.303 e. The standard InChI is InChI=1S/C29H56INO12/c30-8-3-1-2-4-10-35-12-14-37-16-18-39-20-22-41-24-26-43-27-25-42-23-21-40-19-17-38-15-13-36-11-5-9-31-28(32)6-7-29(33)34/h1-27H2,(H,31,32)(H,33,34). The molecule has 13 nitrogen and oxygen atoms in total. The van der Waals surface area contributed by atoms with Gasteiger partial charge in [0.2, 0.25) is 5.91 Å². The summed E-state index contributed by atoms with van der Waals surface area (Å²) in [7, 11) is 0. The number of hydrogen-bond donors (Lipinski definition) is 2. The van der Waals surface area contributed by atoms with Crippen molar-refractivity contribution < 1.29 is 57.3 Å². The number of halogens is 1. The molecule has 0 aromatic heterocycles. The van der Waals surface area contributed by atoms with Crippen LogP contribution in [0.3, 0.4) is 0 Å². The number of rotatable bonds is 37. The van der Waals surface area contributed by atoms with Crippen LogP contribution in [0.1, 0.15) is 44.9 Å². The summed E-state index contributed by atoms with van der Waals surface area (Å²) in [5.41, 5.74) is 0. The molecule has 256 valence electrons. The van der Waals surface area contributed by atoms with E-state index in [1.54, 1.807) is 0 Å². The Morgan fingerprint density at radius 1 is 0.442 bits per heavy atom. The van der Waals surface area contributed by atoms with Crippen LogP contribution >= 0.6 is 22.6 Å². The Bertz CT molecular complexity index is 592. The van der Waals surface area contributed by atoms with E-state index in [1.165, 1.54) is 23.7 Å². The van der Waals surface area contributed by atoms with E-state index >= 15 is 0 Å². The number of unbranched alkanes of at least 4 members (excludes halogenated alkanes) is 3. The zero-order valence-corrected chi connectivity index (χ0v) is 28.1. The summed E-state index contributed by atoms with van der Waals surface area (Å²) in [6, 6.07) is 0. The van der Waals surface area contributed by atoms with Gasteiger partial charge in [-0.1, -0.05) is 35.4 Å². The number of carboxylic acid groups (broad SMARTS) is 1. The van der Waals surface area contributed by atoms with Crippen LogP contribution in [0.25, 0.3) is 0 Å². The first-order chi connectivity index (χ1) is 21.2. The van der Waals surface area contributed by atoms with Gasteiger partial charge in [0.1, 0.15) is 0 Å². The molecule has 0 radical (unpaired) electrons. The lowest BCUT2D eigenvalue weighted by atomic mass is 10.2. The van der Waals surface area contributed by atoms with Crippen molar-refractivity contribution >= 4 is 34.5 Å². The number of ether oxygens (including phenoxy) is 9. The Hall–Kier alpha value is -0.690. The minimum atomic E-state index is -0.979. The highest BCUT2D eigenvalue weighted by molar-refractivity contribution is 14.1. The predicted octanol–water partition coefficient (Wildman–Crippen LogP) is 2.50. The normalized spacial score (nSPS) is 11.3. The molecule has 0 spiro atoms. The topological polar surface area (TPSA) is 149 Å². The van der Waals surface area contributed by atoms with E-state index in [2.05, 4.69) is 27.9 Å². The van der Waals surface area contributed by atoms with Gasteiger partial charge in [-0.2, -0.15) is 0 Å². The second kappa shape index (κ2) is 37.5. The van der Waals surface area contributed by atoms with E-state index in [-0.39, 0.29) is 18.7 Å². The molecule has 0 atom stereocenters. The molecule has 1 amide bonds. The minimum absolute atomic E-state index is 0.00580. The van der Waals surface area contributed by atoms with E-state index in [0.29, 0.717) is 125 Å². The van der Waals surface area contributed by atoms with Gasteiger partial charge in [-0.15, -0.1) is 0 Å². The van der Waals surface area contributed by atoms with Gasteiger partial charge in [0.15, 0.2) is 0 Å². The highest BCUT2D eigenvalue weighted by Crippen LogP contribution is 2.02. The Labute approximate surface area is 271 Å². The quantitative estimate of drug-likeness (QED) is 0.0549. The SMILES string of the molecule is O=C(O)CCC(=O)NCCCOCCOCCOCCOCCOCCOCCOCCOCCOCCCCCCI. The molecule has 0 bridgehead atoms. The highest BCUT2D eigenvalue weighted by Gasteiger charge is 2.04. The van der Waals surface area contributed by atoms with Crippen molar-refractivity contribution in [1.82, 2.24) is 5.32 Å². The van der Waals surface area contributed by atoms with Crippen molar-refractivity contribution in [3.63, 3.8) is 0 Å². The molecule has 0 saturated carbocycles. The van der Waals surface area contributed by atoms with Gasteiger partial charge in [-0.3, -0.25) is 9.59 Å². The van der Waals surface area contributed by atoms with E-state index in [0.717, 1.165) is 13.0 Å². The van der Waals surface area contributed by atoms with Crippen LogP contribution < -0.4 is 5.32 Å². The number of hydrogen-bond acceptors (Lipinski definition) is 11. The number of alkyl halides is 1. The third-order valence-corrected chi connectivity index (χ3v) is 6.26. The third kappa shape index (κ3) is 39.3. The second-order valence-corrected chi connectivity index (χ2v) is 10.3. The van der Waals surface area contributed by atoms with Crippen LogP contribution in [-0.2, 0) is 52.2 Å². The first kappa shape index (κ1) is 42.3. The summed E-state index contributed by atoms with van der Waals surface area (Å²) in [6.45, 7) is 10.0. The van der Waals surface area contributed by atoms with Crippen molar-refractivity contribution in [1.29, 1.82) is 0 Å². The number of carbonyl (C=O) groups is 2. The molecule has 0 aromatic rings. The lowest BCUT2D eigenvalue weighted by Gasteiger charge is -2.09. The highest BCUT2D eigenvalue weighted by atomic mass is 127. The molecule has 14 heteroatoms. The number of nitrogens with one attached hydrogen (secondary N) is 1. The van der Waals surface area contributed by atoms with Gasteiger partial charge in [0, 0.05) is 26.2 Å². The van der Waals surface area contributed by atoms with Crippen molar-refractivity contribution in [3.05, 3.63) is 0 Å². The number of amides is 1. The van der Waals surface area contributed by atoms with E-state index in [4.69, 9.17) is 47.7 Å². The van der Waals surface area contributed by atoms with Crippen LogP contribution in [0.4, 0.5) is 0 Å². The number of aliphatic carboxylic acids is 1. The fourth-order valence-corrected chi connectivity index (χ4v) is 3.76. The maximum atomic E-state index is 11.3. The lowest BCUT2D eigenvalue weighted by Crippen LogP contribution is -2.25. The Kier molecular flexibility index (Phi) is 36.9. The molecule has 0 saturated heterocycles. The van der Waals surface area contributed by atoms with Crippen LogP contribution in [0.2, 0.25) is 0 Å². The zero-order chi connectivity index (χ0) is 31.3. The van der Waals surface area contributed by atoms with Gasteiger partial charge in [-0.05, 0) is 23.7 Å². The van der Waals surface area contributed by atoms with Crippen molar-refractivity contribution in [3.8, 4) is 0 Å². The molecule has 0 aliphatic heterocycles. The maximum Gasteiger partial charge on any atom is 0.303 e. The van der Waals surface area contributed by atoms with E-state index in [9.17, 15) is 9.59 Å². The van der Waals surface area contributed by atoms with E-state index in [1.807, 2.05) is 0 Å². The molecule has 0 aromatic carbocycles. The summed E-state index contributed by atoms with van der Waals surface area (Å²) in [5, 5.41) is 11.2. The molecule has 0 aliphatic carbocycles. The fraction of sp³-hybridized carbons (Fsp3) is 0.931. The molecule has 0 heterocycles. The average Bonchev–Trinajstić information content (AvgIpc) is 3.00. The van der Waals surface area contributed by atoms with Crippen molar-refractivity contribution in [2.24, 2.45) is 0 Å². The fourth-order valence-electron chi connectivity index (χ4n) is 3.22. The Morgan fingerprint density at radius 3 is 1.12 bits per heavy atom. The second-order valence-electron chi connectivity index (χ2n) is 9.21. The summed E-state index contributed by atoms with van der Waals surface area (Å²) in [6.07, 6.45) is 5.45. The molecule has 43 heavy (non-hydrogen) atoms. The van der Waals surface area contributed by atoms with Gasteiger partial charge in [0.05, 0.1) is 112 Å². The number of carbonyl (C=O) groups excluding carboxylic acids is 1. The van der Waals surface area contributed by atoms with Crippen molar-refractivity contribution in [2.75, 3.05) is 130 Å². The van der Waals surface area contributed by atoms with Crippen molar-refractivity contribution in [2.45, 2.75) is 44.9 Å². The van der Waals surface area contributed by atoms with Gasteiger partial charge < -0.3 is 53.1 Å². The first-order valence-corrected chi connectivity index (χ1v) is 16.9. The Balaban J connectivity index is 3.08. The van der Waals surface area contributed by atoms with Gasteiger partial charge in [0.25, 0.3) is 0 Å². The first-order valence-electron chi connectivity index (χ1n) is 15.4. The summed E-state index contributed by atoms with van der Waals surface area (Å²) >= 11 is 2.41. The molecule has 0 fully saturated rings. The van der Waals surface area contributed by atoms with Crippen LogP contribution in [-0.4, -0.2) is 147 Å². The van der Waals surface area contributed by atoms with Gasteiger partial charge >= 0.3 is 5.97 Å². The predicted molar refractivity (Wildman–Crippen MR) is 169 cm³/mol. The third-order valence-electron chi connectivity index (χ3n) is 5.50. The molecule has 2 N–H and O–H groups in total. The Morgan fingerprint density at radius 2 is 0.767 bits per heavy atom. The molecule has 0 rings (SSSR count). The molecular formula is C29H56INO12. The zero-order valence-electron chi connectivity index (χ0n) is 25.9. The monoisotopic (exact) mass is 737 g/mol. The lowest BCUT2D eigenvalue weighted by molar-refractivity contribution is -0.138. The molecule has 0 aliphatic rings. The summed E-state index contributed by atoms with van der Waals surface area (Å²) < 4.78 is 50.4. The van der Waals surface area contributed by atoms with Crippen LogP contribution in [0, 0.1) is 0 Å². The minimum Gasteiger partial charge on any atom is -0.481 e. The molecular weight excluding hydrogens is 681 g/mol. The molecule has 0 unspecified atom stereocenters. The van der Waals surface area contributed by atoms with E-state index < -0.39 is 5.97 Å². The average molecular weight is 738 g/mol. The van der Waals surface area contributed by atoms with Crippen LogP contribution in [0.5, 0.6) is 0 Å². The summed E-state index contributed by atoms with van der Waals surface area (Å²) in [4.78, 5) is 21.7.